The van der Waals surface area contributed by atoms with Gasteiger partial charge in [0.15, 0.2) is 5.96 Å². The smallest absolute Gasteiger partial charge is 0.343 e. The zero-order valence-electron chi connectivity index (χ0n) is 20.9. The highest BCUT2D eigenvalue weighted by Crippen LogP contribution is 2.19. The topological polar surface area (TPSA) is 212 Å². The van der Waals surface area contributed by atoms with Crippen LogP contribution in [-0.2, 0) is 26.3 Å². The second-order valence-corrected chi connectivity index (χ2v) is 10.5. The Morgan fingerprint density at radius 3 is 2.03 bits per heavy atom. The molecule has 0 heterocycles. The van der Waals surface area contributed by atoms with E-state index in [2.05, 4.69) is 10.0 Å². The number of rotatable bonds is 14. The third-order valence-electron chi connectivity index (χ3n) is 5.07. The zero-order valence-corrected chi connectivity index (χ0v) is 21.7. The molecule has 13 nitrogen and oxygen atoms in total. The highest BCUT2D eigenvalue weighted by molar-refractivity contribution is 7.87. The molecule has 0 saturated heterocycles. The molecular weight excluding hydrogens is 518 g/mol. The number of esters is 1. The number of carbonyl (C=O) groups is 3. The number of carboxylic acids is 2. The fourth-order valence-corrected chi connectivity index (χ4v) is 4.98. The van der Waals surface area contributed by atoms with Crippen LogP contribution in [0.1, 0.15) is 42.6 Å². The number of aliphatic carboxylic acids is 2. The Morgan fingerprint density at radius 1 is 1.00 bits per heavy atom. The van der Waals surface area contributed by atoms with Crippen molar-refractivity contribution in [3.8, 4) is 5.75 Å². The second kappa shape index (κ2) is 13.5. The molecule has 2 rings (SSSR count). The molecule has 7 N–H and O–H groups in total. The predicted octanol–water partition coefficient (Wildman–Crippen LogP) is 1.82. The first-order valence-corrected chi connectivity index (χ1v) is 12.9. The molecule has 2 aromatic rings. The van der Waals surface area contributed by atoms with E-state index in [0.29, 0.717) is 11.3 Å². The standard InChI is InChI=1S/C24H31N5O8S/c1-15(2)14-29(19(11-21(30)31)12-22(32)33)38(35,36)27-13-16-3-9-20(10-4-16)37-23(34)17-5-7-18(8-6-17)28-24(25)26/h3-10,15,19,27H,11-14H2,1-2H3,(H,30,31)(H,32,33)(H4,25,26,28). The van der Waals surface area contributed by atoms with E-state index in [1.807, 2.05) is 0 Å². The Morgan fingerprint density at radius 2 is 1.55 bits per heavy atom. The summed E-state index contributed by atoms with van der Waals surface area (Å²) in [4.78, 5) is 34.9. The Labute approximate surface area is 220 Å². The lowest BCUT2D eigenvalue weighted by Crippen LogP contribution is -2.49. The number of guanidine groups is 1. The van der Waals surface area contributed by atoms with Gasteiger partial charge in [0, 0.05) is 24.8 Å². The SMILES string of the molecule is CC(C)CN(C(CC(=O)O)CC(=O)O)S(=O)(=O)NCc1ccc(OC(=O)c2ccc(NC(=N)N)cc2)cc1. The normalized spacial score (nSPS) is 11.5. The number of nitrogens with zero attached hydrogens (tertiary/aromatic N) is 1. The van der Waals surface area contributed by atoms with Crippen LogP contribution in [0.5, 0.6) is 5.75 Å². The van der Waals surface area contributed by atoms with Crippen molar-refractivity contribution in [3.05, 3.63) is 59.7 Å². The van der Waals surface area contributed by atoms with E-state index < -0.39 is 47.0 Å². The first kappa shape index (κ1) is 30.2. The molecule has 0 amide bonds. The molecule has 14 heteroatoms. The number of carboxylic acid groups (broad SMARTS) is 2. The highest BCUT2D eigenvalue weighted by Gasteiger charge is 2.33. The van der Waals surface area contributed by atoms with Gasteiger partial charge in [-0.15, -0.1) is 0 Å². The van der Waals surface area contributed by atoms with Gasteiger partial charge in [0.2, 0.25) is 0 Å². The molecule has 0 saturated carbocycles. The molecule has 0 spiro atoms. The molecule has 0 aliphatic carbocycles. The van der Waals surface area contributed by atoms with E-state index in [0.717, 1.165) is 4.31 Å². The fraction of sp³-hybridized carbons (Fsp3) is 0.333. The monoisotopic (exact) mass is 549 g/mol. The second-order valence-electron chi connectivity index (χ2n) is 8.79. The van der Waals surface area contributed by atoms with Gasteiger partial charge in [-0.05, 0) is 47.9 Å². The summed E-state index contributed by atoms with van der Waals surface area (Å²) in [6, 6.07) is 10.9. The molecule has 0 radical (unpaired) electrons. The third kappa shape index (κ3) is 9.80. The van der Waals surface area contributed by atoms with E-state index >= 15 is 0 Å². The molecular formula is C24H31N5O8S. The van der Waals surface area contributed by atoms with Gasteiger partial charge >= 0.3 is 17.9 Å². The van der Waals surface area contributed by atoms with Crippen molar-refractivity contribution in [2.45, 2.75) is 39.3 Å². The van der Waals surface area contributed by atoms with Crippen molar-refractivity contribution in [1.82, 2.24) is 9.03 Å². The average Bonchev–Trinajstić information content (AvgIpc) is 2.81. The van der Waals surface area contributed by atoms with Crippen molar-refractivity contribution in [3.63, 3.8) is 0 Å². The maximum Gasteiger partial charge on any atom is 0.343 e. The van der Waals surface area contributed by atoms with E-state index in [4.69, 9.17) is 15.9 Å². The summed E-state index contributed by atoms with van der Waals surface area (Å²) in [6.45, 7) is 3.24. The number of anilines is 1. The number of benzene rings is 2. The van der Waals surface area contributed by atoms with Gasteiger partial charge in [0.1, 0.15) is 5.75 Å². The first-order valence-electron chi connectivity index (χ1n) is 11.5. The van der Waals surface area contributed by atoms with Crippen LogP contribution in [0.2, 0.25) is 0 Å². The first-order chi connectivity index (χ1) is 17.8. The van der Waals surface area contributed by atoms with Crippen molar-refractivity contribution >= 4 is 39.8 Å². The molecule has 0 fully saturated rings. The van der Waals surface area contributed by atoms with Crippen molar-refractivity contribution < 1.29 is 37.8 Å². The summed E-state index contributed by atoms with van der Waals surface area (Å²) in [7, 11) is -4.24. The highest BCUT2D eigenvalue weighted by atomic mass is 32.2. The minimum Gasteiger partial charge on any atom is -0.481 e. The molecule has 0 bridgehead atoms. The van der Waals surface area contributed by atoms with Crippen molar-refractivity contribution in [1.29, 1.82) is 5.41 Å². The molecule has 0 aliphatic rings. The van der Waals surface area contributed by atoms with Crippen molar-refractivity contribution in [2.24, 2.45) is 11.7 Å². The lowest BCUT2D eigenvalue weighted by Gasteiger charge is -2.30. The number of nitrogens with two attached hydrogens (primary N) is 1. The summed E-state index contributed by atoms with van der Waals surface area (Å²) in [6.07, 6.45) is -1.31. The predicted molar refractivity (Wildman–Crippen MR) is 139 cm³/mol. The van der Waals surface area contributed by atoms with Crippen LogP contribution >= 0.6 is 0 Å². The molecule has 38 heavy (non-hydrogen) atoms. The summed E-state index contributed by atoms with van der Waals surface area (Å²) < 4.78 is 34.7. The number of carbonyl (C=O) groups excluding carboxylic acids is 1. The number of nitrogens with one attached hydrogen (secondary N) is 3. The zero-order chi connectivity index (χ0) is 28.5. The Hall–Kier alpha value is -4.01. The van der Waals surface area contributed by atoms with Gasteiger partial charge in [-0.1, -0.05) is 26.0 Å². The van der Waals surface area contributed by atoms with Crippen LogP contribution in [-0.4, -0.2) is 59.4 Å². The van der Waals surface area contributed by atoms with Gasteiger partial charge in [0.05, 0.1) is 18.4 Å². The van der Waals surface area contributed by atoms with Crippen LogP contribution in [0.4, 0.5) is 5.69 Å². The molecule has 0 aromatic heterocycles. The van der Waals surface area contributed by atoms with Gasteiger partial charge in [0.25, 0.3) is 10.2 Å². The van der Waals surface area contributed by atoms with Crippen LogP contribution in [0.25, 0.3) is 0 Å². The lowest BCUT2D eigenvalue weighted by molar-refractivity contribution is -0.140. The quantitative estimate of drug-likeness (QED) is 0.0870. The van der Waals surface area contributed by atoms with E-state index in [1.165, 1.54) is 24.3 Å². The molecule has 0 atom stereocenters. The molecule has 2 aromatic carbocycles. The largest absolute Gasteiger partial charge is 0.481 e. The number of ether oxygens (including phenoxy) is 1. The number of hydrogen-bond donors (Lipinski definition) is 6. The van der Waals surface area contributed by atoms with Gasteiger partial charge in [-0.3, -0.25) is 15.0 Å². The van der Waals surface area contributed by atoms with Crippen LogP contribution in [0.3, 0.4) is 0 Å². The van der Waals surface area contributed by atoms with Crippen LogP contribution in [0.15, 0.2) is 48.5 Å². The third-order valence-corrected chi connectivity index (χ3v) is 6.65. The summed E-state index contributed by atoms with van der Waals surface area (Å²) >= 11 is 0. The minimum atomic E-state index is -4.24. The lowest BCUT2D eigenvalue weighted by atomic mass is 10.1. The minimum absolute atomic E-state index is 0.0682. The molecule has 0 unspecified atom stereocenters. The van der Waals surface area contributed by atoms with E-state index in [-0.39, 0.29) is 36.3 Å². The van der Waals surface area contributed by atoms with Crippen molar-refractivity contribution in [2.75, 3.05) is 11.9 Å². The van der Waals surface area contributed by atoms with Gasteiger partial charge in [-0.2, -0.15) is 17.4 Å². The van der Waals surface area contributed by atoms with Gasteiger partial charge < -0.3 is 26.0 Å². The average molecular weight is 550 g/mol. The molecule has 0 aliphatic heterocycles. The van der Waals surface area contributed by atoms with Crippen LogP contribution < -0.4 is 20.5 Å². The van der Waals surface area contributed by atoms with Crippen LogP contribution in [0, 0.1) is 11.3 Å². The Balaban J connectivity index is 2.07. The maximum absolute atomic E-state index is 13.0. The van der Waals surface area contributed by atoms with E-state index in [9.17, 15) is 33.0 Å². The summed E-state index contributed by atoms with van der Waals surface area (Å²) in [5.41, 5.74) is 6.57. The Kier molecular flexibility index (Phi) is 10.7. The Bertz CT molecular complexity index is 1230. The fourth-order valence-electron chi connectivity index (χ4n) is 3.43. The number of hydrogen-bond acceptors (Lipinski definition) is 7. The van der Waals surface area contributed by atoms with Gasteiger partial charge in [-0.25, -0.2) is 4.79 Å². The molecule has 206 valence electrons. The van der Waals surface area contributed by atoms with E-state index in [1.54, 1.807) is 38.1 Å². The maximum atomic E-state index is 13.0. The summed E-state index contributed by atoms with van der Waals surface area (Å²) in [5.74, 6) is -3.46. The summed E-state index contributed by atoms with van der Waals surface area (Å²) in [5, 5.41) is 28.1.